The molecule has 0 amide bonds. The molecule has 0 aliphatic carbocycles. The second-order valence-electron chi connectivity index (χ2n) is 4.63. The molecule has 0 bridgehead atoms. The zero-order valence-corrected chi connectivity index (χ0v) is 12.3. The van der Waals surface area contributed by atoms with Crippen LogP contribution in [0.15, 0.2) is 33.7 Å². The van der Waals surface area contributed by atoms with Gasteiger partial charge in [0.25, 0.3) is 5.56 Å². The van der Waals surface area contributed by atoms with Gasteiger partial charge in [0.2, 0.25) is 0 Å². The first-order valence-corrected chi connectivity index (χ1v) is 7.83. The van der Waals surface area contributed by atoms with Gasteiger partial charge in [-0.05, 0) is 6.08 Å². The van der Waals surface area contributed by atoms with Crippen LogP contribution in [0.5, 0.6) is 0 Å². The predicted molar refractivity (Wildman–Crippen MR) is 73.2 cm³/mol. The lowest BCUT2D eigenvalue weighted by Gasteiger charge is -2.19. The number of aromatic amines is 1. The fourth-order valence-corrected chi connectivity index (χ4v) is 2.53. The third-order valence-electron chi connectivity index (χ3n) is 3.12. The van der Waals surface area contributed by atoms with Crippen molar-refractivity contribution in [2.75, 3.05) is 7.11 Å². The number of hydrogen-bond donors (Lipinski definition) is 4. The van der Waals surface area contributed by atoms with Crippen molar-refractivity contribution in [1.29, 1.82) is 0 Å². The Morgan fingerprint density at radius 2 is 2.14 bits per heavy atom. The molecule has 1 aliphatic rings. The van der Waals surface area contributed by atoms with Gasteiger partial charge in [-0.2, -0.15) is 0 Å². The lowest BCUT2D eigenvalue weighted by molar-refractivity contribution is -0.0491. The molecule has 4 atom stereocenters. The summed E-state index contributed by atoms with van der Waals surface area (Å²) in [5.74, 6) is 0.603. The number of H-pyrrole nitrogens is 1. The first-order chi connectivity index (χ1) is 10.2. The molecule has 2 rings (SSSR count). The highest BCUT2D eigenvalue weighted by Crippen LogP contribution is 2.38. The first-order valence-electron chi connectivity index (χ1n) is 6.15. The van der Waals surface area contributed by atoms with E-state index in [9.17, 15) is 19.3 Å². The summed E-state index contributed by atoms with van der Waals surface area (Å²) in [5, 5.41) is 10.1. The third-order valence-corrected chi connectivity index (χ3v) is 3.68. The summed E-state index contributed by atoms with van der Waals surface area (Å²) in [4.78, 5) is 42.5. The van der Waals surface area contributed by atoms with E-state index in [4.69, 9.17) is 19.3 Å². The maximum atomic E-state index is 11.8. The molecule has 0 aromatic carbocycles. The van der Waals surface area contributed by atoms with Gasteiger partial charge in [0.1, 0.15) is 18.3 Å². The summed E-state index contributed by atoms with van der Waals surface area (Å²) >= 11 is 0. The number of rotatable bonds is 4. The normalized spacial score (nSPS) is 29.3. The molecule has 0 saturated carbocycles. The van der Waals surface area contributed by atoms with Gasteiger partial charge in [-0.15, -0.1) is 0 Å². The lowest BCUT2D eigenvalue weighted by Crippen LogP contribution is -2.38. The van der Waals surface area contributed by atoms with Gasteiger partial charge in [0.05, 0.1) is 0 Å². The first kappa shape index (κ1) is 16.8. The van der Waals surface area contributed by atoms with E-state index in [0.717, 1.165) is 16.7 Å². The maximum Gasteiger partial charge on any atom is 0.348 e. The van der Waals surface area contributed by atoms with Gasteiger partial charge in [-0.25, -0.2) is 4.79 Å². The Morgan fingerprint density at radius 3 is 2.68 bits per heavy atom. The van der Waals surface area contributed by atoms with E-state index < -0.39 is 43.4 Å². The molecule has 0 spiro atoms. The zero-order valence-electron chi connectivity index (χ0n) is 11.4. The van der Waals surface area contributed by atoms with Gasteiger partial charge < -0.3 is 24.4 Å². The molecule has 1 fully saturated rings. The molecule has 2 heterocycles. The van der Waals surface area contributed by atoms with Crippen molar-refractivity contribution in [3.63, 3.8) is 0 Å². The van der Waals surface area contributed by atoms with Gasteiger partial charge in [0.15, 0.2) is 6.23 Å². The maximum absolute atomic E-state index is 11.8. The van der Waals surface area contributed by atoms with Gasteiger partial charge >= 0.3 is 13.3 Å². The fourth-order valence-electron chi connectivity index (χ4n) is 2.14. The number of aliphatic hydroxyl groups is 1. The van der Waals surface area contributed by atoms with Crippen LogP contribution in [0.1, 0.15) is 6.23 Å². The highest BCUT2D eigenvalue weighted by molar-refractivity contribution is 7.55. The Labute approximate surface area is 123 Å². The monoisotopic (exact) mass is 334 g/mol. The third kappa shape index (κ3) is 3.61. The molecule has 4 N–H and O–H groups in total. The van der Waals surface area contributed by atoms with Crippen molar-refractivity contribution in [3.05, 3.63) is 45.0 Å². The molecule has 122 valence electrons. The van der Waals surface area contributed by atoms with Gasteiger partial charge in [0, 0.05) is 25.2 Å². The number of ether oxygens (including phenoxy) is 2. The number of nitrogens with one attached hydrogen (secondary N) is 1. The van der Waals surface area contributed by atoms with Crippen LogP contribution in [0.25, 0.3) is 0 Å². The zero-order chi connectivity index (χ0) is 16.5. The minimum absolute atomic E-state index is 0.591. The molecular formula is C11H15N2O8P. The number of aliphatic hydroxyl groups excluding tert-OH is 1. The smallest absolute Gasteiger partial charge is 0.348 e. The summed E-state index contributed by atoms with van der Waals surface area (Å²) in [5.41, 5.74) is -1.35. The summed E-state index contributed by atoms with van der Waals surface area (Å²) in [6.45, 7) is 0. The summed E-state index contributed by atoms with van der Waals surface area (Å²) < 4.78 is 22.3. The van der Waals surface area contributed by atoms with E-state index >= 15 is 0 Å². The highest BCUT2D eigenvalue weighted by Gasteiger charge is 2.44. The standard InChI is InChI=1S/C11H15N2O8P/c1-20-9-8(15)6(3-5-22(17,18)19)21-10(9)13-4-2-7(14)12-11(13)16/h2-6,8-10,15H,1H3,(H,12,14,16)(H2,17,18,19)/b5-3+/t6-,8-,9-,10-/m1/s1. The van der Waals surface area contributed by atoms with Gasteiger partial charge in [-0.1, -0.05) is 0 Å². The second kappa shape index (κ2) is 6.29. The Kier molecular flexibility index (Phi) is 4.81. The largest absolute Gasteiger partial charge is 0.387 e. The SMILES string of the molecule is CO[C@@H]1[C@H](O)[C@@H](/C=C/P(=O)(O)O)O[C@H]1n1ccc(=O)[nH]c1=O. The van der Waals surface area contributed by atoms with E-state index in [2.05, 4.69) is 0 Å². The van der Waals surface area contributed by atoms with Gasteiger partial charge in [-0.3, -0.25) is 18.9 Å². The van der Waals surface area contributed by atoms with Crippen LogP contribution in [0.3, 0.4) is 0 Å². The molecule has 1 aromatic rings. The summed E-state index contributed by atoms with van der Waals surface area (Å²) in [6.07, 6.45) is -2.17. The van der Waals surface area contributed by atoms with Crippen molar-refractivity contribution in [3.8, 4) is 0 Å². The van der Waals surface area contributed by atoms with Crippen molar-refractivity contribution in [1.82, 2.24) is 9.55 Å². The second-order valence-corrected chi connectivity index (χ2v) is 6.11. The van der Waals surface area contributed by atoms with Crippen LogP contribution < -0.4 is 11.2 Å². The lowest BCUT2D eigenvalue weighted by atomic mass is 10.1. The number of methoxy groups -OCH3 is 1. The van der Waals surface area contributed by atoms with Crippen LogP contribution in [0.2, 0.25) is 0 Å². The summed E-state index contributed by atoms with van der Waals surface area (Å²) in [6, 6.07) is 1.10. The summed E-state index contributed by atoms with van der Waals surface area (Å²) in [7, 11) is -3.12. The molecule has 1 aliphatic heterocycles. The fraction of sp³-hybridized carbons (Fsp3) is 0.455. The highest BCUT2D eigenvalue weighted by atomic mass is 31.2. The Hall–Kier alpha value is -1.55. The van der Waals surface area contributed by atoms with E-state index in [-0.39, 0.29) is 0 Å². The molecule has 0 unspecified atom stereocenters. The van der Waals surface area contributed by atoms with Crippen LogP contribution >= 0.6 is 7.60 Å². The minimum Gasteiger partial charge on any atom is -0.387 e. The number of hydrogen-bond acceptors (Lipinski definition) is 6. The van der Waals surface area contributed by atoms with Crippen molar-refractivity contribution < 1.29 is 28.9 Å². The van der Waals surface area contributed by atoms with E-state index in [1.807, 2.05) is 4.98 Å². The molecular weight excluding hydrogens is 319 g/mol. The topological polar surface area (TPSA) is 151 Å². The molecule has 22 heavy (non-hydrogen) atoms. The van der Waals surface area contributed by atoms with Crippen LogP contribution in [0.4, 0.5) is 0 Å². The Morgan fingerprint density at radius 1 is 1.45 bits per heavy atom. The van der Waals surface area contributed by atoms with Crippen LogP contribution in [-0.4, -0.2) is 49.9 Å². The van der Waals surface area contributed by atoms with Crippen LogP contribution in [-0.2, 0) is 14.0 Å². The number of nitrogens with zero attached hydrogens (tertiary/aromatic N) is 1. The van der Waals surface area contributed by atoms with Crippen molar-refractivity contribution >= 4 is 7.60 Å². The van der Waals surface area contributed by atoms with Crippen molar-refractivity contribution in [2.24, 2.45) is 0 Å². The number of aromatic nitrogens is 2. The van der Waals surface area contributed by atoms with E-state index in [1.54, 1.807) is 0 Å². The van der Waals surface area contributed by atoms with E-state index in [0.29, 0.717) is 5.82 Å². The van der Waals surface area contributed by atoms with Crippen LogP contribution in [0, 0.1) is 0 Å². The molecule has 1 saturated heterocycles. The molecule has 10 nitrogen and oxygen atoms in total. The molecule has 0 radical (unpaired) electrons. The average molecular weight is 334 g/mol. The van der Waals surface area contributed by atoms with E-state index in [1.165, 1.54) is 13.3 Å². The quantitative estimate of drug-likeness (QED) is 0.486. The Bertz CT molecular complexity index is 719. The average Bonchev–Trinajstić information content (AvgIpc) is 2.72. The van der Waals surface area contributed by atoms with Crippen molar-refractivity contribution in [2.45, 2.75) is 24.5 Å². The predicted octanol–water partition coefficient (Wildman–Crippen LogP) is -1.50. The Balaban J connectivity index is 2.33. The molecule has 1 aromatic heterocycles. The minimum atomic E-state index is -4.41. The molecule has 11 heteroatoms.